The zero-order valence-corrected chi connectivity index (χ0v) is 14.8. The summed E-state index contributed by atoms with van der Waals surface area (Å²) >= 11 is 0. The number of nitrogens with zero attached hydrogens (tertiary/aromatic N) is 4. The molecule has 1 atom stereocenters. The fourth-order valence-corrected chi connectivity index (χ4v) is 5.01. The smallest absolute Gasteiger partial charge is 0.260 e. The van der Waals surface area contributed by atoms with Crippen LogP contribution in [0.3, 0.4) is 0 Å². The van der Waals surface area contributed by atoms with Crippen LogP contribution >= 0.6 is 0 Å². The lowest BCUT2D eigenvalue weighted by atomic mass is 10.1. The molecule has 0 spiro atoms. The van der Waals surface area contributed by atoms with Crippen molar-refractivity contribution in [1.82, 2.24) is 19.0 Å². The van der Waals surface area contributed by atoms with E-state index in [1.807, 2.05) is 6.92 Å². The van der Waals surface area contributed by atoms with Crippen LogP contribution in [-0.2, 0) is 17.1 Å². The van der Waals surface area contributed by atoms with Gasteiger partial charge >= 0.3 is 0 Å². The van der Waals surface area contributed by atoms with Crippen LogP contribution in [0.2, 0.25) is 0 Å². The van der Waals surface area contributed by atoms with Crippen molar-refractivity contribution in [3.05, 3.63) is 11.8 Å². The van der Waals surface area contributed by atoms with Gasteiger partial charge < -0.3 is 5.11 Å². The Morgan fingerprint density at radius 3 is 2.50 bits per heavy atom. The molecule has 1 aliphatic rings. The van der Waals surface area contributed by atoms with Crippen LogP contribution in [0.15, 0.2) is 11.2 Å². The van der Waals surface area contributed by atoms with Crippen LogP contribution in [0.5, 0.6) is 0 Å². The first kappa shape index (κ1) is 17.4. The normalized spacial score (nSPS) is 22.2. The Hall–Kier alpha value is -0.960. The van der Waals surface area contributed by atoms with Crippen molar-refractivity contribution in [2.24, 2.45) is 7.05 Å². The van der Waals surface area contributed by atoms with Crippen molar-refractivity contribution in [3.8, 4) is 0 Å². The second-order valence-electron chi connectivity index (χ2n) is 6.77. The average Bonchev–Trinajstić information content (AvgIpc) is 2.67. The molecule has 1 aromatic heterocycles. The van der Waals surface area contributed by atoms with Gasteiger partial charge in [-0.05, 0) is 27.7 Å². The van der Waals surface area contributed by atoms with Crippen molar-refractivity contribution in [2.45, 2.75) is 44.4 Å². The number of aliphatic hydroxyl groups is 1. The van der Waals surface area contributed by atoms with Gasteiger partial charge in [0.05, 0.1) is 11.8 Å². The molecule has 8 heteroatoms. The van der Waals surface area contributed by atoms with Gasteiger partial charge in [0.2, 0.25) is 0 Å². The third kappa shape index (κ3) is 3.51. The van der Waals surface area contributed by atoms with Gasteiger partial charge in [0.1, 0.15) is 0 Å². The molecule has 1 saturated heterocycles. The molecule has 22 heavy (non-hydrogen) atoms. The van der Waals surface area contributed by atoms with E-state index in [4.69, 9.17) is 0 Å². The quantitative estimate of drug-likeness (QED) is 0.853. The summed E-state index contributed by atoms with van der Waals surface area (Å²) < 4.78 is 28.7. The van der Waals surface area contributed by atoms with Gasteiger partial charge in [-0.1, -0.05) is 0 Å². The Morgan fingerprint density at radius 2 is 2.05 bits per heavy atom. The zero-order valence-electron chi connectivity index (χ0n) is 13.9. The van der Waals surface area contributed by atoms with Gasteiger partial charge in [0.25, 0.3) is 10.0 Å². The summed E-state index contributed by atoms with van der Waals surface area (Å²) in [6, 6.07) is -0.143. The van der Waals surface area contributed by atoms with Crippen LogP contribution < -0.4 is 0 Å². The highest BCUT2D eigenvalue weighted by Crippen LogP contribution is 2.24. The minimum absolute atomic E-state index is 0.143. The Kier molecular flexibility index (Phi) is 4.68. The number of piperazine rings is 1. The number of hydrogen-bond donors (Lipinski definition) is 1. The Balaban J connectivity index is 2.18. The average molecular weight is 330 g/mol. The maximum atomic E-state index is 12.9. The Morgan fingerprint density at radius 1 is 1.41 bits per heavy atom. The summed E-state index contributed by atoms with van der Waals surface area (Å²) in [5, 5.41) is 14.2. The summed E-state index contributed by atoms with van der Waals surface area (Å²) in [6.45, 7) is 9.37. The van der Waals surface area contributed by atoms with Crippen molar-refractivity contribution in [2.75, 3.05) is 26.2 Å². The van der Waals surface area contributed by atoms with E-state index < -0.39 is 15.6 Å². The Bertz CT molecular complexity index is 614. The molecule has 1 aliphatic heterocycles. The van der Waals surface area contributed by atoms with Gasteiger partial charge in [-0.3, -0.25) is 9.58 Å². The van der Waals surface area contributed by atoms with E-state index in [1.165, 1.54) is 8.99 Å². The number of hydrogen-bond acceptors (Lipinski definition) is 5. The predicted molar refractivity (Wildman–Crippen MR) is 84.0 cm³/mol. The van der Waals surface area contributed by atoms with Gasteiger partial charge in [-0.2, -0.15) is 9.40 Å². The lowest BCUT2D eigenvalue weighted by molar-refractivity contribution is 0.0180. The molecular weight excluding hydrogens is 304 g/mol. The fraction of sp³-hybridized carbons (Fsp3) is 0.786. The zero-order chi connectivity index (χ0) is 16.7. The maximum Gasteiger partial charge on any atom is 0.260 e. The summed E-state index contributed by atoms with van der Waals surface area (Å²) in [5.41, 5.74) is -0.118. The van der Waals surface area contributed by atoms with Crippen molar-refractivity contribution < 1.29 is 13.5 Å². The lowest BCUT2D eigenvalue weighted by Crippen LogP contribution is -2.56. The number of sulfonamides is 1. The molecule has 0 aliphatic carbocycles. The fourth-order valence-electron chi connectivity index (χ4n) is 3.08. The van der Waals surface area contributed by atoms with E-state index in [9.17, 15) is 13.5 Å². The molecule has 1 aromatic rings. The predicted octanol–water partition coefficient (Wildman–Crippen LogP) is 0.194. The standard InChI is InChI=1S/C14H26N4O3S/c1-11-8-15-16(5)13(11)22(20,21)18-7-6-17(9-12(18)2)10-14(3,4)19/h8,12,19H,6-7,9-10H2,1-5H3. The second kappa shape index (κ2) is 5.92. The van der Waals surface area contributed by atoms with E-state index in [2.05, 4.69) is 10.00 Å². The minimum atomic E-state index is -3.55. The minimum Gasteiger partial charge on any atom is -0.389 e. The molecule has 2 heterocycles. The van der Waals surface area contributed by atoms with E-state index in [1.54, 1.807) is 34.0 Å². The monoisotopic (exact) mass is 330 g/mol. The van der Waals surface area contributed by atoms with Crippen molar-refractivity contribution >= 4 is 10.0 Å². The molecule has 0 bridgehead atoms. The van der Waals surface area contributed by atoms with E-state index >= 15 is 0 Å². The van der Waals surface area contributed by atoms with Gasteiger partial charge in [0.15, 0.2) is 5.03 Å². The third-order valence-corrected chi connectivity index (χ3v) is 6.10. The SMILES string of the molecule is Cc1cnn(C)c1S(=O)(=O)N1CCN(CC(C)(C)O)CC1C. The molecule has 1 unspecified atom stereocenters. The number of β-amino-alcohol motifs (C(OH)–C–C–N with tert-alkyl or cyclic N) is 1. The molecule has 7 nitrogen and oxygen atoms in total. The molecule has 1 N–H and O–H groups in total. The van der Waals surface area contributed by atoms with Crippen LogP contribution in [0.25, 0.3) is 0 Å². The molecular formula is C14H26N4O3S. The third-order valence-electron chi connectivity index (χ3n) is 3.87. The first-order valence-electron chi connectivity index (χ1n) is 7.47. The molecule has 0 radical (unpaired) electrons. The Labute approximate surface area is 132 Å². The largest absolute Gasteiger partial charge is 0.389 e. The van der Waals surface area contributed by atoms with E-state index in [-0.39, 0.29) is 11.1 Å². The summed E-state index contributed by atoms with van der Waals surface area (Å²) in [6.07, 6.45) is 1.57. The van der Waals surface area contributed by atoms with Crippen LogP contribution in [0, 0.1) is 6.92 Å². The summed E-state index contributed by atoms with van der Waals surface area (Å²) in [7, 11) is -1.90. The van der Waals surface area contributed by atoms with Gasteiger partial charge in [-0.15, -0.1) is 0 Å². The summed E-state index contributed by atoms with van der Waals surface area (Å²) in [4.78, 5) is 2.10. The second-order valence-corrected chi connectivity index (χ2v) is 8.57. The van der Waals surface area contributed by atoms with Crippen LogP contribution in [0.4, 0.5) is 0 Å². The first-order chi connectivity index (χ1) is 10.0. The first-order valence-corrected chi connectivity index (χ1v) is 8.91. The molecule has 1 fully saturated rings. The number of aryl methyl sites for hydroxylation is 2. The topological polar surface area (TPSA) is 78.7 Å². The van der Waals surface area contributed by atoms with Gasteiger partial charge in [0, 0.05) is 44.8 Å². The lowest BCUT2D eigenvalue weighted by Gasteiger charge is -2.40. The number of aromatic nitrogens is 2. The van der Waals surface area contributed by atoms with Crippen molar-refractivity contribution in [3.63, 3.8) is 0 Å². The van der Waals surface area contributed by atoms with Gasteiger partial charge in [-0.25, -0.2) is 8.42 Å². The molecule has 0 saturated carbocycles. The van der Waals surface area contributed by atoms with E-state index in [0.29, 0.717) is 31.7 Å². The molecule has 126 valence electrons. The van der Waals surface area contributed by atoms with E-state index in [0.717, 1.165) is 0 Å². The molecule has 0 aromatic carbocycles. The highest BCUT2D eigenvalue weighted by atomic mass is 32.2. The maximum absolute atomic E-state index is 12.9. The van der Waals surface area contributed by atoms with Crippen LogP contribution in [0.1, 0.15) is 26.3 Å². The van der Waals surface area contributed by atoms with Crippen LogP contribution in [-0.4, -0.2) is 70.3 Å². The molecule has 0 amide bonds. The van der Waals surface area contributed by atoms with Crippen molar-refractivity contribution in [1.29, 1.82) is 0 Å². The molecule has 2 rings (SSSR count). The summed E-state index contributed by atoms with van der Waals surface area (Å²) in [5.74, 6) is 0. The number of rotatable bonds is 4. The highest BCUT2D eigenvalue weighted by molar-refractivity contribution is 7.89. The highest BCUT2D eigenvalue weighted by Gasteiger charge is 2.37.